The van der Waals surface area contributed by atoms with E-state index in [2.05, 4.69) is 31.3 Å². The van der Waals surface area contributed by atoms with Crippen molar-refractivity contribution in [2.24, 2.45) is 0 Å². The van der Waals surface area contributed by atoms with Gasteiger partial charge in [-0.25, -0.2) is 0 Å². The van der Waals surface area contributed by atoms with Gasteiger partial charge in [0.05, 0.1) is 25.4 Å². The van der Waals surface area contributed by atoms with E-state index in [1.165, 1.54) is 180 Å². The van der Waals surface area contributed by atoms with Crippen molar-refractivity contribution in [3.63, 3.8) is 0 Å². The predicted molar refractivity (Wildman–Crippen MR) is 246 cm³/mol. The number of hydrogen-bond acceptors (Lipinski definition) is 5. The Kier molecular flexibility index (Phi) is 45.7. The molecule has 6 heteroatoms. The van der Waals surface area contributed by atoms with Crippen LogP contribution in [-0.4, -0.2) is 47.4 Å². The molecule has 0 aromatic rings. The monoisotopic (exact) mass is 804 g/mol. The number of nitrogens with one attached hydrogen (secondary N) is 1. The van der Waals surface area contributed by atoms with Crippen molar-refractivity contribution in [1.29, 1.82) is 0 Å². The molecule has 2 unspecified atom stereocenters. The van der Waals surface area contributed by atoms with Crippen molar-refractivity contribution in [3.05, 3.63) is 24.3 Å². The Morgan fingerprint density at radius 1 is 0.474 bits per heavy atom. The summed E-state index contributed by atoms with van der Waals surface area (Å²) in [5.41, 5.74) is 0. The molecule has 6 nitrogen and oxygen atoms in total. The average molecular weight is 804 g/mol. The maximum Gasteiger partial charge on any atom is 0.305 e. The Morgan fingerprint density at radius 2 is 0.825 bits per heavy atom. The van der Waals surface area contributed by atoms with Crippen molar-refractivity contribution >= 4 is 11.9 Å². The molecule has 2 atom stereocenters. The molecule has 0 spiro atoms. The molecule has 57 heavy (non-hydrogen) atoms. The molecule has 0 aliphatic carbocycles. The fourth-order valence-electron chi connectivity index (χ4n) is 7.57. The third kappa shape index (κ3) is 43.7. The zero-order valence-electron chi connectivity index (χ0n) is 38.1. The van der Waals surface area contributed by atoms with E-state index in [0.717, 1.165) is 57.8 Å². The Hall–Kier alpha value is -1.66. The number of aliphatic hydroxyl groups excluding tert-OH is 2. The van der Waals surface area contributed by atoms with Crippen molar-refractivity contribution in [3.8, 4) is 0 Å². The van der Waals surface area contributed by atoms with E-state index in [9.17, 15) is 19.8 Å². The number of rotatable bonds is 46. The normalized spacial score (nSPS) is 12.8. The SMILES string of the molecule is CCCCCCCCC/C=C\CCCCCCCCCC(=O)OCCCCCCCCCCCCC(=O)NC(CO)C(O)/C=C/CCCCCCCCCCCC. The summed E-state index contributed by atoms with van der Waals surface area (Å²) < 4.78 is 5.46. The van der Waals surface area contributed by atoms with Gasteiger partial charge in [-0.3, -0.25) is 9.59 Å². The van der Waals surface area contributed by atoms with Gasteiger partial charge in [-0.1, -0.05) is 218 Å². The first-order chi connectivity index (χ1) is 28.0. The van der Waals surface area contributed by atoms with Gasteiger partial charge in [-0.15, -0.1) is 0 Å². The van der Waals surface area contributed by atoms with Crippen molar-refractivity contribution in [2.75, 3.05) is 13.2 Å². The lowest BCUT2D eigenvalue weighted by Crippen LogP contribution is -2.45. The summed E-state index contributed by atoms with van der Waals surface area (Å²) in [4.78, 5) is 24.4. The summed E-state index contributed by atoms with van der Waals surface area (Å²) >= 11 is 0. The summed E-state index contributed by atoms with van der Waals surface area (Å²) in [6, 6.07) is -0.643. The maximum absolute atomic E-state index is 12.4. The quantitative estimate of drug-likeness (QED) is 0.0324. The van der Waals surface area contributed by atoms with Gasteiger partial charge < -0.3 is 20.3 Å². The first kappa shape index (κ1) is 55.3. The molecule has 336 valence electrons. The molecule has 1 amide bonds. The first-order valence-corrected chi connectivity index (χ1v) is 25.1. The van der Waals surface area contributed by atoms with Crippen LogP contribution in [0.1, 0.15) is 264 Å². The van der Waals surface area contributed by atoms with Gasteiger partial charge in [-0.2, -0.15) is 0 Å². The molecule has 0 rings (SSSR count). The van der Waals surface area contributed by atoms with Crippen LogP contribution in [0.25, 0.3) is 0 Å². The molecular formula is C51H97NO5. The van der Waals surface area contributed by atoms with Gasteiger partial charge >= 0.3 is 5.97 Å². The summed E-state index contributed by atoms with van der Waals surface area (Å²) in [5, 5.41) is 23.0. The smallest absolute Gasteiger partial charge is 0.305 e. The zero-order valence-corrected chi connectivity index (χ0v) is 38.1. The van der Waals surface area contributed by atoms with Gasteiger partial charge in [-0.05, 0) is 57.8 Å². The van der Waals surface area contributed by atoms with Gasteiger partial charge in [0.25, 0.3) is 0 Å². The van der Waals surface area contributed by atoms with E-state index in [1.807, 2.05) is 6.08 Å². The molecule has 3 N–H and O–H groups in total. The minimum atomic E-state index is -0.857. The third-order valence-corrected chi connectivity index (χ3v) is 11.5. The number of hydrogen-bond donors (Lipinski definition) is 3. The van der Waals surface area contributed by atoms with Gasteiger partial charge in [0.15, 0.2) is 0 Å². The van der Waals surface area contributed by atoms with Crippen molar-refractivity contribution in [1.82, 2.24) is 5.32 Å². The molecule has 0 aliphatic rings. The van der Waals surface area contributed by atoms with E-state index in [-0.39, 0.29) is 18.5 Å². The Labute approximate surface area is 354 Å². The number of aliphatic hydroxyl groups is 2. The highest BCUT2D eigenvalue weighted by Crippen LogP contribution is 2.15. The van der Waals surface area contributed by atoms with Crippen LogP contribution in [0.2, 0.25) is 0 Å². The standard InChI is InChI=1S/C51H97NO5/c1-3-5-7-9-11-13-15-17-18-19-20-21-22-24-29-33-37-41-45-51(56)57-46-42-38-34-30-26-25-28-32-36-40-44-50(55)52-48(47-53)49(54)43-39-35-31-27-23-16-14-12-10-8-6-4-2/h18-19,39,43,48-49,53-54H,3-17,20-38,40-42,44-47H2,1-2H3,(H,52,55)/b19-18-,43-39+. The third-order valence-electron chi connectivity index (χ3n) is 11.5. The van der Waals surface area contributed by atoms with E-state index < -0.39 is 12.1 Å². The first-order valence-electron chi connectivity index (χ1n) is 25.1. The Morgan fingerprint density at radius 3 is 1.25 bits per heavy atom. The number of carbonyl (C=O) groups excluding carboxylic acids is 2. The number of ether oxygens (including phenoxy) is 1. The molecular weight excluding hydrogens is 707 g/mol. The summed E-state index contributed by atoms with van der Waals surface area (Å²) in [5.74, 6) is -0.116. The van der Waals surface area contributed by atoms with Crippen LogP contribution >= 0.6 is 0 Å². The van der Waals surface area contributed by atoms with Gasteiger partial charge in [0, 0.05) is 12.8 Å². The van der Waals surface area contributed by atoms with Crippen LogP contribution < -0.4 is 5.32 Å². The highest BCUT2D eigenvalue weighted by atomic mass is 16.5. The lowest BCUT2D eigenvalue weighted by Gasteiger charge is -2.20. The molecule has 0 aromatic heterocycles. The lowest BCUT2D eigenvalue weighted by molar-refractivity contribution is -0.143. The van der Waals surface area contributed by atoms with Gasteiger partial charge in [0.2, 0.25) is 5.91 Å². The molecule has 0 heterocycles. The minimum absolute atomic E-state index is 0.0243. The van der Waals surface area contributed by atoms with Crippen molar-refractivity contribution in [2.45, 2.75) is 276 Å². The second-order valence-electron chi connectivity index (χ2n) is 17.1. The van der Waals surface area contributed by atoms with Crippen LogP contribution in [0.3, 0.4) is 0 Å². The largest absolute Gasteiger partial charge is 0.466 e. The van der Waals surface area contributed by atoms with Gasteiger partial charge in [0.1, 0.15) is 0 Å². The zero-order chi connectivity index (χ0) is 41.5. The van der Waals surface area contributed by atoms with Crippen LogP contribution in [-0.2, 0) is 14.3 Å². The topological polar surface area (TPSA) is 95.9 Å². The molecule has 0 radical (unpaired) electrons. The fraction of sp³-hybridized carbons (Fsp3) is 0.882. The van der Waals surface area contributed by atoms with Crippen LogP contribution in [0.5, 0.6) is 0 Å². The van der Waals surface area contributed by atoms with E-state index >= 15 is 0 Å². The molecule has 0 bridgehead atoms. The second kappa shape index (κ2) is 47.0. The minimum Gasteiger partial charge on any atom is -0.466 e. The number of carbonyl (C=O) groups is 2. The highest BCUT2D eigenvalue weighted by molar-refractivity contribution is 5.76. The van der Waals surface area contributed by atoms with E-state index in [1.54, 1.807) is 6.08 Å². The Balaban J connectivity index is 3.49. The number of esters is 1. The predicted octanol–water partition coefficient (Wildman–Crippen LogP) is 14.7. The number of amides is 1. The molecule has 0 fully saturated rings. The second-order valence-corrected chi connectivity index (χ2v) is 17.1. The van der Waals surface area contributed by atoms with Crippen molar-refractivity contribution < 1.29 is 24.5 Å². The average Bonchev–Trinajstić information content (AvgIpc) is 3.21. The lowest BCUT2D eigenvalue weighted by atomic mass is 10.0. The molecule has 0 saturated heterocycles. The maximum atomic E-state index is 12.4. The fourth-order valence-corrected chi connectivity index (χ4v) is 7.57. The van der Waals surface area contributed by atoms with Crippen LogP contribution in [0.4, 0.5) is 0 Å². The van der Waals surface area contributed by atoms with E-state index in [0.29, 0.717) is 19.4 Å². The molecule has 0 aromatic carbocycles. The summed E-state index contributed by atoms with van der Waals surface area (Å²) in [6.07, 6.45) is 54.6. The summed E-state index contributed by atoms with van der Waals surface area (Å²) in [6.45, 7) is 4.83. The van der Waals surface area contributed by atoms with E-state index in [4.69, 9.17) is 4.74 Å². The highest BCUT2D eigenvalue weighted by Gasteiger charge is 2.18. The number of allylic oxidation sites excluding steroid dienone is 3. The summed E-state index contributed by atoms with van der Waals surface area (Å²) in [7, 11) is 0. The molecule has 0 aliphatic heterocycles. The number of unbranched alkanes of at least 4 members (excludes halogenated alkanes) is 33. The Bertz CT molecular complexity index is 889. The molecule has 0 saturated carbocycles. The van der Waals surface area contributed by atoms with Crippen LogP contribution in [0, 0.1) is 0 Å². The van der Waals surface area contributed by atoms with Crippen LogP contribution in [0.15, 0.2) is 24.3 Å².